The third-order valence-electron chi connectivity index (χ3n) is 16.0. The molecular formula is C68H132O17P2. The monoisotopic (exact) mass is 1280 g/mol. The first-order chi connectivity index (χ1) is 41.8. The minimum atomic E-state index is -4.95. The van der Waals surface area contributed by atoms with Gasteiger partial charge < -0.3 is 33.8 Å². The molecule has 0 aliphatic rings. The van der Waals surface area contributed by atoms with Gasteiger partial charge in [-0.1, -0.05) is 286 Å². The van der Waals surface area contributed by atoms with Crippen molar-refractivity contribution in [3.8, 4) is 0 Å². The fourth-order valence-electron chi connectivity index (χ4n) is 10.2. The molecule has 0 aromatic heterocycles. The normalized spacial score (nSPS) is 14.6. The van der Waals surface area contributed by atoms with Crippen LogP contribution in [0.2, 0.25) is 0 Å². The maximum atomic E-state index is 13.0. The van der Waals surface area contributed by atoms with E-state index >= 15 is 0 Å². The largest absolute Gasteiger partial charge is 0.472 e. The smallest absolute Gasteiger partial charge is 0.462 e. The van der Waals surface area contributed by atoms with E-state index in [0.29, 0.717) is 31.6 Å². The Hall–Kier alpha value is -1.94. The van der Waals surface area contributed by atoms with E-state index in [1.165, 1.54) is 141 Å². The summed E-state index contributed by atoms with van der Waals surface area (Å²) >= 11 is 0. The molecule has 0 aromatic rings. The summed E-state index contributed by atoms with van der Waals surface area (Å²) in [6.45, 7) is 11.7. The Kier molecular flexibility index (Phi) is 57.8. The maximum Gasteiger partial charge on any atom is 0.472 e. The molecule has 0 spiro atoms. The lowest BCUT2D eigenvalue weighted by Crippen LogP contribution is -2.30. The number of hydrogen-bond acceptors (Lipinski definition) is 15. The molecule has 0 saturated heterocycles. The molecule has 0 aliphatic carbocycles. The first-order valence-corrected chi connectivity index (χ1v) is 38.4. The molecule has 516 valence electrons. The van der Waals surface area contributed by atoms with Gasteiger partial charge in [-0.2, -0.15) is 0 Å². The predicted molar refractivity (Wildman–Crippen MR) is 349 cm³/mol. The lowest BCUT2D eigenvalue weighted by molar-refractivity contribution is -0.161. The number of esters is 4. The van der Waals surface area contributed by atoms with Crippen molar-refractivity contribution in [1.82, 2.24) is 0 Å². The lowest BCUT2D eigenvalue weighted by Gasteiger charge is -2.21. The second-order valence-corrected chi connectivity index (χ2v) is 28.7. The van der Waals surface area contributed by atoms with Gasteiger partial charge in [-0.15, -0.1) is 0 Å². The molecule has 17 nitrogen and oxygen atoms in total. The third kappa shape index (κ3) is 61.3. The predicted octanol–water partition coefficient (Wildman–Crippen LogP) is 19.1. The highest BCUT2D eigenvalue weighted by molar-refractivity contribution is 7.47. The molecule has 0 fully saturated rings. The Balaban J connectivity index is 5.25. The molecule has 0 heterocycles. The molecule has 0 saturated carbocycles. The van der Waals surface area contributed by atoms with Gasteiger partial charge in [0.1, 0.15) is 19.3 Å². The van der Waals surface area contributed by atoms with Crippen molar-refractivity contribution in [2.24, 2.45) is 17.8 Å². The Morgan fingerprint density at radius 3 is 0.874 bits per heavy atom. The summed E-state index contributed by atoms with van der Waals surface area (Å²) in [7, 11) is -9.90. The van der Waals surface area contributed by atoms with Crippen LogP contribution in [0.15, 0.2) is 0 Å². The van der Waals surface area contributed by atoms with Crippen molar-refractivity contribution in [3.05, 3.63) is 0 Å². The van der Waals surface area contributed by atoms with Gasteiger partial charge in [0.15, 0.2) is 12.2 Å². The quantitative estimate of drug-likeness (QED) is 0.0222. The van der Waals surface area contributed by atoms with Gasteiger partial charge in [-0.3, -0.25) is 37.3 Å². The number of hydrogen-bond donors (Lipinski definition) is 3. The van der Waals surface area contributed by atoms with Crippen LogP contribution in [-0.2, 0) is 65.4 Å². The van der Waals surface area contributed by atoms with E-state index in [0.717, 1.165) is 108 Å². The van der Waals surface area contributed by atoms with Gasteiger partial charge in [0, 0.05) is 25.7 Å². The molecule has 0 amide bonds. The number of phosphoric ester groups is 2. The molecule has 87 heavy (non-hydrogen) atoms. The number of unbranched alkanes of at least 4 members (excludes halogenated alkanes) is 33. The van der Waals surface area contributed by atoms with E-state index in [1.807, 2.05) is 0 Å². The van der Waals surface area contributed by atoms with Crippen molar-refractivity contribution in [2.45, 2.75) is 356 Å². The molecular weight excluding hydrogens is 1150 g/mol. The minimum absolute atomic E-state index is 0.102. The number of ether oxygens (including phenoxy) is 4. The summed E-state index contributed by atoms with van der Waals surface area (Å²) in [6, 6.07) is 0. The summed E-state index contributed by atoms with van der Waals surface area (Å²) < 4.78 is 68.2. The number of aliphatic hydroxyl groups is 1. The average Bonchev–Trinajstić information content (AvgIpc) is 3.67. The van der Waals surface area contributed by atoms with Gasteiger partial charge in [-0.05, 0) is 43.4 Å². The highest BCUT2D eigenvalue weighted by Gasteiger charge is 2.30. The summed E-state index contributed by atoms with van der Waals surface area (Å²) in [5.41, 5.74) is 0. The fraction of sp³-hybridized carbons (Fsp3) is 0.941. The minimum Gasteiger partial charge on any atom is -0.462 e. The van der Waals surface area contributed by atoms with Crippen molar-refractivity contribution in [1.29, 1.82) is 0 Å². The summed E-state index contributed by atoms with van der Waals surface area (Å²) in [5, 5.41) is 10.6. The topological polar surface area (TPSA) is 237 Å². The number of phosphoric acid groups is 2. The highest BCUT2D eigenvalue weighted by atomic mass is 31.2. The summed E-state index contributed by atoms with van der Waals surface area (Å²) in [4.78, 5) is 72.4. The van der Waals surface area contributed by atoms with Crippen LogP contribution in [0.1, 0.15) is 337 Å². The molecule has 6 atom stereocenters. The van der Waals surface area contributed by atoms with Crippen LogP contribution in [0.25, 0.3) is 0 Å². The second kappa shape index (κ2) is 59.1. The first kappa shape index (κ1) is 85.1. The summed E-state index contributed by atoms with van der Waals surface area (Å²) in [6.07, 6.45) is 41.7. The van der Waals surface area contributed by atoms with Crippen LogP contribution in [0.5, 0.6) is 0 Å². The van der Waals surface area contributed by atoms with Crippen molar-refractivity contribution < 1.29 is 80.2 Å². The molecule has 0 rings (SSSR count). The Labute approximate surface area is 530 Å². The van der Waals surface area contributed by atoms with Crippen LogP contribution in [0, 0.1) is 17.8 Å². The zero-order valence-electron chi connectivity index (χ0n) is 56.5. The van der Waals surface area contributed by atoms with Crippen LogP contribution in [-0.4, -0.2) is 96.7 Å². The van der Waals surface area contributed by atoms with Crippen LogP contribution in [0.3, 0.4) is 0 Å². The standard InChI is InChI=1S/C68H132O17P2/c1-8-10-11-12-13-14-15-16-17-18-23-28-37-44-51-67(72)84-63(55-78-65(70)49-42-35-27-22-20-19-21-25-32-39-46-59(3)4)57-82-86(74,75)80-53-62(69)54-81-87(76,77)83-58-64(85-68(73)52-45-38-29-24-26-33-40-47-60(5)6)56-79-66(71)50-43-36-31-30-34-41-48-61(7)9-2/h59-64,69H,8-58H2,1-7H3,(H,74,75)(H,76,77)/t61?,62-,63-,64-/m1/s1. The van der Waals surface area contributed by atoms with Crippen molar-refractivity contribution in [2.75, 3.05) is 39.6 Å². The SMILES string of the molecule is CCCCCCCCCCCCCCCCC(=O)O[C@H](COC(=O)CCCCCCCCCCCCC(C)C)COP(=O)(O)OC[C@@H](O)COP(=O)(O)OC[C@@H](COC(=O)CCCCCCCCC(C)CC)OC(=O)CCCCCCCCCC(C)C. The molecule has 0 bridgehead atoms. The second-order valence-electron chi connectivity index (χ2n) is 25.8. The fourth-order valence-corrected chi connectivity index (χ4v) is 11.7. The van der Waals surface area contributed by atoms with Gasteiger partial charge in [0.25, 0.3) is 0 Å². The molecule has 3 N–H and O–H groups in total. The Morgan fingerprint density at radius 1 is 0.333 bits per heavy atom. The lowest BCUT2D eigenvalue weighted by atomic mass is 10.00. The van der Waals surface area contributed by atoms with E-state index in [4.69, 9.17) is 37.0 Å². The van der Waals surface area contributed by atoms with Gasteiger partial charge in [0.2, 0.25) is 0 Å². The summed E-state index contributed by atoms with van der Waals surface area (Å²) in [5.74, 6) is 0.0540. The highest BCUT2D eigenvalue weighted by Crippen LogP contribution is 2.45. The Bertz CT molecular complexity index is 1720. The number of carbonyl (C=O) groups excluding carboxylic acids is 4. The molecule has 0 aromatic carbocycles. The molecule has 0 aliphatic heterocycles. The van der Waals surface area contributed by atoms with Crippen molar-refractivity contribution >= 4 is 39.5 Å². The first-order valence-electron chi connectivity index (χ1n) is 35.4. The van der Waals surface area contributed by atoms with E-state index in [2.05, 4.69) is 48.5 Å². The van der Waals surface area contributed by atoms with Gasteiger partial charge in [-0.25, -0.2) is 9.13 Å². The van der Waals surface area contributed by atoms with E-state index in [9.17, 15) is 43.2 Å². The van der Waals surface area contributed by atoms with Gasteiger partial charge in [0.05, 0.1) is 26.4 Å². The Morgan fingerprint density at radius 2 is 0.586 bits per heavy atom. The maximum absolute atomic E-state index is 13.0. The zero-order valence-corrected chi connectivity index (χ0v) is 58.3. The van der Waals surface area contributed by atoms with Crippen LogP contribution in [0.4, 0.5) is 0 Å². The molecule has 0 radical (unpaired) electrons. The number of carbonyl (C=O) groups is 4. The van der Waals surface area contributed by atoms with E-state index in [-0.39, 0.29) is 25.7 Å². The van der Waals surface area contributed by atoms with Crippen LogP contribution < -0.4 is 0 Å². The van der Waals surface area contributed by atoms with Gasteiger partial charge >= 0.3 is 39.5 Å². The number of aliphatic hydroxyl groups excluding tert-OH is 1. The third-order valence-corrected chi connectivity index (χ3v) is 17.9. The number of rotatable bonds is 66. The molecule has 19 heteroatoms. The average molecular weight is 1280 g/mol. The van der Waals surface area contributed by atoms with E-state index < -0.39 is 97.5 Å². The van der Waals surface area contributed by atoms with Crippen molar-refractivity contribution in [3.63, 3.8) is 0 Å². The van der Waals surface area contributed by atoms with E-state index in [1.54, 1.807) is 0 Å². The zero-order chi connectivity index (χ0) is 64.5. The van der Waals surface area contributed by atoms with Crippen LogP contribution >= 0.6 is 15.6 Å². The molecule has 3 unspecified atom stereocenters.